The Labute approximate surface area is 66.0 Å². The van der Waals surface area contributed by atoms with Crippen molar-refractivity contribution >= 4 is 11.3 Å². The standard InChI is InChI=1S/C9H8N2/c1-7(2)9-6-8(10-3)4-5-11-9/h4-6H,1H2,2H3. The van der Waals surface area contributed by atoms with Gasteiger partial charge in [-0.2, -0.15) is 0 Å². The van der Waals surface area contributed by atoms with Gasteiger partial charge in [0, 0.05) is 6.20 Å². The van der Waals surface area contributed by atoms with Gasteiger partial charge in [0.25, 0.3) is 0 Å². The van der Waals surface area contributed by atoms with E-state index in [1.165, 1.54) is 0 Å². The van der Waals surface area contributed by atoms with E-state index in [2.05, 4.69) is 16.4 Å². The van der Waals surface area contributed by atoms with Crippen molar-refractivity contribution in [2.24, 2.45) is 0 Å². The second-order valence-electron chi connectivity index (χ2n) is 2.29. The molecule has 0 fully saturated rings. The zero-order valence-electron chi connectivity index (χ0n) is 6.33. The van der Waals surface area contributed by atoms with Crippen LogP contribution in [0.3, 0.4) is 0 Å². The van der Waals surface area contributed by atoms with Crippen LogP contribution in [0.4, 0.5) is 5.69 Å². The molecule has 0 unspecified atom stereocenters. The molecule has 2 nitrogen and oxygen atoms in total. The lowest BCUT2D eigenvalue weighted by Gasteiger charge is -1.96. The highest BCUT2D eigenvalue weighted by molar-refractivity contribution is 5.62. The third-order valence-electron chi connectivity index (χ3n) is 1.31. The number of pyridine rings is 1. The third-order valence-corrected chi connectivity index (χ3v) is 1.31. The summed E-state index contributed by atoms with van der Waals surface area (Å²) in [5.41, 5.74) is 2.28. The highest BCUT2D eigenvalue weighted by atomic mass is 14.7. The Hall–Kier alpha value is -1.62. The van der Waals surface area contributed by atoms with Crippen LogP contribution in [0.2, 0.25) is 0 Å². The van der Waals surface area contributed by atoms with Crippen molar-refractivity contribution in [3.63, 3.8) is 0 Å². The summed E-state index contributed by atoms with van der Waals surface area (Å²) >= 11 is 0. The third kappa shape index (κ3) is 1.65. The minimum absolute atomic E-state index is 0.609. The van der Waals surface area contributed by atoms with Gasteiger partial charge in [-0.3, -0.25) is 4.98 Å². The van der Waals surface area contributed by atoms with Gasteiger partial charge >= 0.3 is 0 Å². The van der Waals surface area contributed by atoms with Crippen molar-refractivity contribution in [1.29, 1.82) is 0 Å². The molecule has 0 saturated heterocycles. The molecule has 0 aromatic carbocycles. The van der Waals surface area contributed by atoms with Crippen molar-refractivity contribution in [3.05, 3.63) is 42.0 Å². The average molecular weight is 144 g/mol. The van der Waals surface area contributed by atoms with E-state index in [1.54, 1.807) is 18.3 Å². The summed E-state index contributed by atoms with van der Waals surface area (Å²) in [6.45, 7) is 12.4. The molecule has 0 N–H and O–H groups in total. The molecule has 54 valence electrons. The summed E-state index contributed by atoms with van der Waals surface area (Å²) in [7, 11) is 0. The zero-order valence-corrected chi connectivity index (χ0v) is 6.33. The maximum absolute atomic E-state index is 6.75. The fraction of sp³-hybridized carbons (Fsp3) is 0.111. The molecule has 0 amide bonds. The minimum atomic E-state index is 0.609. The van der Waals surface area contributed by atoms with Gasteiger partial charge in [0.2, 0.25) is 0 Å². The summed E-state index contributed by atoms with van der Waals surface area (Å²) in [5, 5.41) is 0. The molecule has 0 aliphatic rings. The molecule has 1 rings (SSSR count). The van der Waals surface area contributed by atoms with Crippen molar-refractivity contribution in [3.8, 4) is 0 Å². The van der Waals surface area contributed by atoms with Crippen molar-refractivity contribution in [2.75, 3.05) is 0 Å². The molecule has 0 radical (unpaired) electrons. The van der Waals surface area contributed by atoms with Gasteiger partial charge in [-0.25, -0.2) is 4.85 Å². The Bertz CT molecular complexity index is 321. The highest BCUT2D eigenvalue weighted by Crippen LogP contribution is 2.15. The SMILES string of the molecule is [C-]#[N+]c1ccnc(C(=C)C)c1. The Morgan fingerprint density at radius 1 is 1.73 bits per heavy atom. The zero-order chi connectivity index (χ0) is 8.27. The molecule has 0 aliphatic carbocycles. The normalized spacial score (nSPS) is 8.73. The highest BCUT2D eigenvalue weighted by Gasteiger charge is 1.95. The molecule has 0 spiro atoms. The van der Waals surface area contributed by atoms with Crippen molar-refractivity contribution in [2.45, 2.75) is 6.92 Å². The summed E-state index contributed by atoms with van der Waals surface area (Å²) in [6, 6.07) is 3.41. The summed E-state index contributed by atoms with van der Waals surface area (Å²) in [4.78, 5) is 7.33. The molecular weight excluding hydrogens is 136 g/mol. The first-order valence-electron chi connectivity index (χ1n) is 3.23. The van der Waals surface area contributed by atoms with E-state index >= 15 is 0 Å². The molecule has 1 aromatic heterocycles. The molecule has 2 heteroatoms. The molecule has 0 atom stereocenters. The molecule has 0 saturated carbocycles. The van der Waals surface area contributed by atoms with E-state index in [0.717, 1.165) is 11.3 Å². The van der Waals surface area contributed by atoms with Gasteiger partial charge in [-0.15, -0.1) is 0 Å². The molecule has 11 heavy (non-hydrogen) atoms. The maximum Gasteiger partial charge on any atom is 0.190 e. The number of rotatable bonds is 1. The Morgan fingerprint density at radius 3 is 3.00 bits per heavy atom. The molecule has 0 aliphatic heterocycles. The lowest BCUT2D eigenvalue weighted by Crippen LogP contribution is -1.81. The average Bonchev–Trinajstić information content (AvgIpc) is 2.05. The lowest BCUT2D eigenvalue weighted by molar-refractivity contribution is 1.28. The van der Waals surface area contributed by atoms with E-state index in [-0.39, 0.29) is 0 Å². The molecular formula is C9H8N2. The number of nitrogens with zero attached hydrogens (tertiary/aromatic N) is 2. The molecule has 1 aromatic rings. The van der Waals surface area contributed by atoms with Gasteiger partial charge in [0.1, 0.15) is 0 Å². The lowest BCUT2D eigenvalue weighted by atomic mass is 10.2. The monoisotopic (exact) mass is 144 g/mol. The van der Waals surface area contributed by atoms with Crippen LogP contribution in [-0.4, -0.2) is 4.98 Å². The van der Waals surface area contributed by atoms with Crippen LogP contribution >= 0.6 is 0 Å². The first-order chi connectivity index (χ1) is 5.24. The quantitative estimate of drug-likeness (QED) is 0.554. The predicted molar refractivity (Wildman–Crippen MR) is 45.2 cm³/mol. The van der Waals surface area contributed by atoms with Gasteiger partial charge in [0.15, 0.2) is 5.69 Å². The van der Waals surface area contributed by atoms with Crippen molar-refractivity contribution < 1.29 is 0 Å². The van der Waals surface area contributed by atoms with Gasteiger partial charge < -0.3 is 0 Å². The van der Waals surface area contributed by atoms with E-state index < -0.39 is 0 Å². The predicted octanol–water partition coefficient (Wildman–Crippen LogP) is 2.67. The van der Waals surface area contributed by atoms with E-state index in [9.17, 15) is 0 Å². The first kappa shape index (κ1) is 7.49. The molecule has 0 bridgehead atoms. The summed E-state index contributed by atoms with van der Waals surface area (Å²) in [6.07, 6.45) is 1.62. The Balaban J connectivity index is 3.13. The van der Waals surface area contributed by atoms with Crippen molar-refractivity contribution in [1.82, 2.24) is 4.98 Å². The number of hydrogen-bond acceptors (Lipinski definition) is 1. The van der Waals surface area contributed by atoms with Gasteiger partial charge in [-0.1, -0.05) is 6.58 Å². The Morgan fingerprint density at radius 2 is 2.45 bits per heavy atom. The van der Waals surface area contributed by atoms with Crippen LogP contribution in [0.1, 0.15) is 12.6 Å². The number of aromatic nitrogens is 1. The largest absolute Gasteiger partial charge is 0.259 e. The van der Waals surface area contributed by atoms with Crippen LogP contribution < -0.4 is 0 Å². The summed E-state index contributed by atoms with van der Waals surface area (Å²) in [5.74, 6) is 0. The fourth-order valence-electron chi connectivity index (χ4n) is 0.722. The van der Waals surface area contributed by atoms with Gasteiger partial charge in [0.05, 0.1) is 12.3 Å². The molecule has 1 heterocycles. The van der Waals surface area contributed by atoms with Crippen LogP contribution in [-0.2, 0) is 0 Å². The second-order valence-corrected chi connectivity index (χ2v) is 2.29. The fourth-order valence-corrected chi connectivity index (χ4v) is 0.722. The van der Waals surface area contributed by atoms with Crippen LogP contribution in [0.15, 0.2) is 24.9 Å². The van der Waals surface area contributed by atoms with E-state index in [1.807, 2.05) is 6.92 Å². The first-order valence-corrected chi connectivity index (χ1v) is 3.23. The smallest absolute Gasteiger partial charge is 0.190 e. The Kier molecular flexibility index (Phi) is 2.03. The van der Waals surface area contributed by atoms with Crippen LogP contribution in [0.25, 0.3) is 10.4 Å². The topological polar surface area (TPSA) is 17.2 Å². The maximum atomic E-state index is 6.75. The van der Waals surface area contributed by atoms with Gasteiger partial charge in [-0.05, 0) is 24.6 Å². The number of hydrogen-bond donors (Lipinski definition) is 0. The second kappa shape index (κ2) is 2.98. The summed E-state index contributed by atoms with van der Waals surface area (Å²) < 4.78 is 0. The minimum Gasteiger partial charge on any atom is -0.259 e. The van der Waals surface area contributed by atoms with E-state index in [0.29, 0.717) is 5.69 Å². The van der Waals surface area contributed by atoms with Crippen LogP contribution in [0, 0.1) is 6.57 Å². The van der Waals surface area contributed by atoms with E-state index in [4.69, 9.17) is 6.57 Å². The number of allylic oxidation sites excluding steroid dienone is 1. The van der Waals surface area contributed by atoms with Crippen LogP contribution in [0.5, 0.6) is 0 Å².